The van der Waals surface area contributed by atoms with E-state index in [-0.39, 0.29) is 0 Å². The third-order valence-corrected chi connectivity index (χ3v) is 5.80. The Balaban J connectivity index is 1.52. The van der Waals surface area contributed by atoms with Gasteiger partial charge in [0.2, 0.25) is 0 Å². The van der Waals surface area contributed by atoms with Crippen LogP contribution in [0.15, 0.2) is 30.3 Å². The molecule has 2 atom stereocenters. The van der Waals surface area contributed by atoms with Crippen molar-refractivity contribution in [2.45, 2.75) is 45.7 Å². The van der Waals surface area contributed by atoms with Crippen molar-refractivity contribution in [2.24, 2.45) is 5.92 Å². The van der Waals surface area contributed by atoms with Crippen LogP contribution in [0.1, 0.15) is 36.2 Å². The molecule has 1 aromatic heterocycles. The third kappa shape index (κ3) is 3.01. The van der Waals surface area contributed by atoms with Gasteiger partial charge in [0.25, 0.3) is 0 Å². The number of rotatable bonds is 3. The molecule has 2 aliphatic rings. The van der Waals surface area contributed by atoms with Gasteiger partial charge in [-0.1, -0.05) is 18.2 Å². The van der Waals surface area contributed by atoms with Crippen LogP contribution in [0, 0.1) is 19.8 Å². The summed E-state index contributed by atoms with van der Waals surface area (Å²) in [5.74, 6) is 0.831. The van der Waals surface area contributed by atoms with Crippen molar-refractivity contribution in [2.75, 3.05) is 19.6 Å². The smallest absolute Gasteiger partial charge is 0.0648 e. The van der Waals surface area contributed by atoms with E-state index in [1.165, 1.54) is 55.8 Å². The van der Waals surface area contributed by atoms with Crippen molar-refractivity contribution in [3.63, 3.8) is 0 Å². The summed E-state index contributed by atoms with van der Waals surface area (Å²) in [6.45, 7) is 9.03. The maximum absolute atomic E-state index is 4.81. The van der Waals surface area contributed by atoms with Crippen LogP contribution in [0.2, 0.25) is 0 Å². The molecule has 2 aromatic rings. The Morgan fingerprint density at radius 3 is 2.83 bits per heavy atom. The van der Waals surface area contributed by atoms with Crippen molar-refractivity contribution in [1.29, 1.82) is 0 Å². The number of nitrogens with zero attached hydrogens (tertiary/aromatic N) is 3. The molecule has 3 heterocycles. The number of aryl methyl sites for hydroxylation is 1. The van der Waals surface area contributed by atoms with Crippen molar-refractivity contribution in [3.05, 3.63) is 47.3 Å². The first-order valence-electron chi connectivity index (χ1n) is 9.28. The zero-order chi connectivity index (χ0) is 16.5. The molecule has 128 valence electrons. The van der Waals surface area contributed by atoms with Crippen molar-refractivity contribution in [3.8, 4) is 5.69 Å². The van der Waals surface area contributed by atoms with Gasteiger partial charge in [0.1, 0.15) is 0 Å². The SMILES string of the molecule is Cc1nn(-c2ccccc2)c(C)c1CN1CC[C@@H]2NCCC[C@@H]2C1. The largest absolute Gasteiger partial charge is 0.314 e. The predicted molar refractivity (Wildman–Crippen MR) is 97.4 cm³/mol. The van der Waals surface area contributed by atoms with E-state index in [4.69, 9.17) is 5.10 Å². The number of aromatic nitrogens is 2. The van der Waals surface area contributed by atoms with E-state index >= 15 is 0 Å². The zero-order valence-electron chi connectivity index (χ0n) is 14.8. The monoisotopic (exact) mass is 324 g/mol. The Hall–Kier alpha value is -1.65. The Kier molecular flexibility index (Phi) is 4.42. The molecular formula is C20H28N4. The van der Waals surface area contributed by atoms with Gasteiger partial charge in [0.05, 0.1) is 11.4 Å². The van der Waals surface area contributed by atoms with Gasteiger partial charge in [0, 0.05) is 30.4 Å². The molecule has 4 heteroatoms. The first-order chi connectivity index (χ1) is 11.7. The Morgan fingerprint density at radius 2 is 2.00 bits per heavy atom. The highest BCUT2D eigenvalue weighted by molar-refractivity contribution is 5.36. The second-order valence-electron chi connectivity index (χ2n) is 7.38. The van der Waals surface area contributed by atoms with Gasteiger partial charge in [0.15, 0.2) is 0 Å². The van der Waals surface area contributed by atoms with E-state index in [1.54, 1.807) is 0 Å². The summed E-state index contributed by atoms with van der Waals surface area (Å²) in [6, 6.07) is 11.2. The number of fused-ring (bicyclic) bond motifs is 1. The molecule has 1 aromatic carbocycles. The zero-order valence-corrected chi connectivity index (χ0v) is 14.8. The van der Waals surface area contributed by atoms with Gasteiger partial charge in [-0.3, -0.25) is 4.90 Å². The summed E-state index contributed by atoms with van der Waals surface area (Å²) in [6.07, 6.45) is 4.00. The number of benzene rings is 1. The predicted octanol–water partition coefficient (Wildman–Crippen LogP) is 3.06. The lowest BCUT2D eigenvalue weighted by atomic mass is 9.85. The minimum atomic E-state index is 0.754. The highest BCUT2D eigenvalue weighted by Crippen LogP contribution is 2.27. The number of likely N-dealkylation sites (tertiary alicyclic amines) is 1. The molecule has 0 saturated carbocycles. The van der Waals surface area contributed by atoms with E-state index < -0.39 is 0 Å². The fourth-order valence-electron chi connectivity index (χ4n) is 4.41. The minimum Gasteiger partial charge on any atom is -0.314 e. The van der Waals surface area contributed by atoms with Gasteiger partial charge in [-0.2, -0.15) is 5.10 Å². The van der Waals surface area contributed by atoms with Crippen molar-refractivity contribution >= 4 is 0 Å². The van der Waals surface area contributed by atoms with Crippen LogP contribution in [-0.4, -0.2) is 40.4 Å². The molecule has 4 rings (SSSR count). The Morgan fingerprint density at radius 1 is 1.17 bits per heavy atom. The van der Waals surface area contributed by atoms with Crippen LogP contribution in [0.3, 0.4) is 0 Å². The number of para-hydroxylation sites is 1. The number of hydrogen-bond donors (Lipinski definition) is 1. The van der Waals surface area contributed by atoms with Gasteiger partial charge < -0.3 is 5.32 Å². The van der Waals surface area contributed by atoms with E-state index in [1.807, 2.05) is 0 Å². The average Bonchev–Trinajstić information content (AvgIpc) is 2.90. The van der Waals surface area contributed by atoms with E-state index in [0.717, 1.165) is 24.2 Å². The fraction of sp³-hybridized carbons (Fsp3) is 0.550. The highest BCUT2D eigenvalue weighted by atomic mass is 15.3. The molecule has 2 saturated heterocycles. The molecule has 0 aliphatic carbocycles. The van der Waals surface area contributed by atoms with Gasteiger partial charge in [-0.25, -0.2) is 4.68 Å². The average molecular weight is 324 g/mol. The van der Waals surface area contributed by atoms with Crippen molar-refractivity contribution in [1.82, 2.24) is 20.0 Å². The summed E-state index contributed by atoms with van der Waals surface area (Å²) < 4.78 is 2.10. The second-order valence-corrected chi connectivity index (χ2v) is 7.38. The molecule has 0 amide bonds. The normalized spacial score (nSPS) is 24.8. The summed E-state index contributed by atoms with van der Waals surface area (Å²) in [5, 5.41) is 8.52. The molecule has 0 radical (unpaired) electrons. The van der Waals surface area contributed by atoms with Crippen LogP contribution >= 0.6 is 0 Å². The fourth-order valence-corrected chi connectivity index (χ4v) is 4.41. The standard InChI is InChI=1S/C20H28N4/c1-15-19(16(2)24(22-15)18-8-4-3-5-9-18)14-23-12-10-20-17(13-23)7-6-11-21-20/h3-5,8-9,17,20-21H,6-7,10-14H2,1-2H3/t17-,20+/m1/s1. The number of hydrogen-bond acceptors (Lipinski definition) is 3. The maximum atomic E-state index is 4.81. The van der Waals surface area contributed by atoms with E-state index in [2.05, 4.69) is 59.1 Å². The molecule has 0 bridgehead atoms. The lowest BCUT2D eigenvalue weighted by molar-refractivity contribution is 0.108. The summed E-state index contributed by atoms with van der Waals surface area (Å²) in [5.41, 5.74) is 5.00. The first-order valence-corrected chi connectivity index (χ1v) is 9.28. The molecule has 2 fully saturated rings. The molecule has 0 unspecified atom stereocenters. The highest BCUT2D eigenvalue weighted by Gasteiger charge is 2.31. The van der Waals surface area contributed by atoms with Gasteiger partial charge >= 0.3 is 0 Å². The minimum absolute atomic E-state index is 0.754. The molecule has 0 spiro atoms. The first kappa shape index (κ1) is 15.9. The topological polar surface area (TPSA) is 33.1 Å². The van der Waals surface area contributed by atoms with Crippen LogP contribution in [0.25, 0.3) is 5.69 Å². The third-order valence-electron chi connectivity index (χ3n) is 5.80. The lowest BCUT2D eigenvalue weighted by Gasteiger charge is -2.41. The van der Waals surface area contributed by atoms with Gasteiger partial charge in [-0.15, -0.1) is 0 Å². The molecule has 2 aliphatic heterocycles. The van der Waals surface area contributed by atoms with E-state index in [0.29, 0.717) is 0 Å². The quantitative estimate of drug-likeness (QED) is 0.942. The molecule has 24 heavy (non-hydrogen) atoms. The molecule has 1 N–H and O–H groups in total. The number of piperidine rings is 2. The number of nitrogens with one attached hydrogen (secondary N) is 1. The maximum Gasteiger partial charge on any atom is 0.0648 e. The Bertz CT molecular complexity index is 691. The van der Waals surface area contributed by atoms with Crippen LogP contribution in [0.4, 0.5) is 0 Å². The van der Waals surface area contributed by atoms with Crippen LogP contribution < -0.4 is 5.32 Å². The Labute approximate surface area is 144 Å². The summed E-state index contributed by atoms with van der Waals surface area (Å²) >= 11 is 0. The van der Waals surface area contributed by atoms with Gasteiger partial charge in [-0.05, 0) is 64.3 Å². The van der Waals surface area contributed by atoms with Crippen molar-refractivity contribution < 1.29 is 0 Å². The summed E-state index contributed by atoms with van der Waals surface area (Å²) in [4.78, 5) is 2.64. The van der Waals surface area contributed by atoms with E-state index in [9.17, 15) is 0 Å². The molecular weight excluding hydrogens is 296 g/mol. The van der Waals surface area contributed by atoms with Crippen LogP contribution in [0.5, 0.6) is 0 Å². The lowest BCUT2D eigenvalue weighted by Crippen LogP contribution is -2.51. The molecule has 4 nitrogen and oxygen atoms in total. The summed E-state index contributed by atoms with van der Waals surface area (Å²) in [7, 11) is 0. The van der Waals surface area contributed by atoms with Crippen LogP contribution in [-0.2, 0) is 6.54 Å². The second kappa shape index (κ2) is 6.69.